The fourth-order valence-electron chi connectivity index (χ4n) is 4.52. The Hall–Kier alpha value is -2.70. The summed E-state index contributed by atoms with van der Waals surface area (Å²) in [5, 5.41) is 12.3. The quantitative estimate of drug-likeness (QED) is 0.472. The zero-order chi connectivity index (χ0) is 22.0. The van der Waals surface area contributed by atoms with Gasteiger partial charge in [-0.25, -0.2) is 0 Å². The maximum absolute atomic E-state index is 9.74. The first kappa shape index (κ1) is 14.4. The van der Waals surface area contributed by atoms with E-state index < -0.39 is 14.9 Å². The Morgan fingerprint density at radius 3 is 2.56 bits per heavy atom. The molecule has 0 bridgehead atoms. The summed E-state index contributed by atoms with van der Waals surface area (Å²) >= 11 is 0. The zero-order valence-electron chi connectivity index (χ0n) is 19.4. The molecule has 1 aliphatic rings. The predicted molar refractivity (Wildman–Crippen MR) is 114 cm³/mol. The van der Waals surface area contributed by atoms with E-state index in [2.05, 4.69) is 48.9 Å². The minimum atomic E-state index is -2.16. The number of nitriles is 1. The van der Waals surface area contributed by atoms with Gasteiger partial charge >= 0.3 is 0 Å². The summed E-state index contributed by atoms with van der Waals surface area (Å²) in [6, 6.07) is 16.2. The van der Waals surface area contributed by atoms with Crippen molar-refractivity contribution in [3.05, 3.63) is 64.8 Å². The summed E-state index contributed by atoms with van der Waals surface area (Å²) in [5.41, 5.74) is 7.30. The largest absolute Gasteiger partial charge is 0.212 e. The van der Waals surface area contributed by atoms with Gasteiger partial charge in [0.2, 0.25) is 5.69 Å². The van der Waals surface area contributed by atoms with E-state index >= 15 is 0 Å². The van der Waals surface area contributed by atoms with Crippen LogP contribution in [-0.4, -0.2) is 8.07 Å². The van der Waals surface area contributed by atoms with Crippen LogP contribution >= 0.6 is 0 Å². The number of aryl methyl sites for hydroxylation is 3. The van der Waals surface area contributed by atoms with Crippen molar-refractivity contribution < 1.29 is 8.68 Å². The van der Waals surface area contributed by atoms with Crippen molar-refractivity contribution in [2.24, 2.45) is 7.05 Å². The molecule has 0 N–H and O–H groups in total. The van der Waals surface area contributed by atoms with Gasteiger partial charge in [-0.05, 0) is 52.5 Å². The minimum absolute atomic E-state index is 0.359. The molecule has 0 saturated heterocycles. The molecule has 3 heteroatoms. The number of fused-ring (bicyclic) bond motifs is 3. The van der Waals surface area contributed by atoms with Crippen LogP contribution in [0.4, 0.5) is 0 Å². The van der Waals surface area contributed by atoms with Gasteiger partial charge in [-0.15, -0.1) is 0 Å². The van der Waals surface area contributed by atoms with Gasteiger partial charge in [0.05, 0.1) is 11.6 Å². The van der Waals surface area contributed by atoms with Gasteiger partial charge in [0.1, 0.15) is 15.1 Å². The monoisotopic (exact) mass is 372 g/mol. The van der Waals surface area contributed by atoms with Crippen LogP contribution in [0.15, 0.2) is 42.5 Å². The Bertz CT molecular complexity index is 1250. The fraction of sp³-hybridized carbons (Fsp3) is 0.250. The Labute approximate surface area is 167 Å². The van der Waals surface area contributed by atoms with E-state index in [1.807, 2.05) is 32.2 Å². The van der Waals surface area contributed by atoms with Gasteiger partial charge in [-0.1, -0.05) is 37.4 Å². The average molecular weight is 373 g/mol. The van der Waals surface area contributed by atoms with Gasteiger partial charge in [-0.2, -0.15) is 9.83 Å². The van der Waals surface area contributed by atoms with Crippen LogP contribution in [-0.2, 0) is 7.05 Å². The second-order valence-corrected chi connectivity index (χ2v) is 12.3. The second-order valence-electron chi connectivity index (χ2n) is 7.97. The predicted octanol–water partition coefficient (Wildman–Crippen LogP) is 3.78. The molecule has 1 aliphatic heterocycles. The molecule has 0 unspecified atom stereocenters. The molecule has 0 spiro atoms. The molecule has 0 fully saturated rings. The van der Waals surface area contributed by atoms with Gasteiger partial charge in [0.25, 0.3) is 0 Å². The van der Waals surface area contributed by atoms with Crippen molar-refractivity contribution in [1.29, 1.82) is 5.26 Å². The number of benzene rings is 2. The maximum atomic E-state index is 9.74. The highest BCUT2D eigenvalue weighted by atomic mass is 28.3. The first-order valence-corrected chi connectivity index (χ1v) is 12.2. The number of hydrogen-bond acceptors (Lipinski definition) is 1. The standard InChI is InChI=1S/C24H25N2Si/c1-15-12-17(3)26(4)20(13-15)22-16(2)10-11-19-23-18(14-25)8-7-9-21(23)27(5,6)24(19)22/h7-13H,1-6H3/q+1/i1D3. The number of nitrogens with zero attached hydrogens (tertiary/aromatic N) is 2. The molecule has 2 aromatic carbocycles. The van der Waals surface area contributed by atoms with Crippen LogP contribution < -0.4 is 14.9 Å². The SMILES string of the molecule is [2H]C([2H])([2H])c1cc(C)[n+](C)c(-c2c(C)ccc3c2[Si](C)(C)c2cccc(C#N)c2-3)c1. The summed E-state index contributed by atoms with van der Waals surface area (Å²) in [6.07, 6.45) is 0. The van der Waals surface area contributed by atoms with Crippen molar-refractivity contribution in [2.75, 3.05) is 0 Å². The molecular formula is C24H25N2Si+. The normalized spacial score (nSPS) is 15.9. The Kier molecular flexibility index (Phi) is 3.14. The van der Waals surface area contributed by atoms with E-state index in [0.717, 1.165) is 33.6 Å². The summed E-state index contributed by atoms with van der Waals surface area (Å²) in [4.78, 5) is 0. The zero-order valence-corrected chi connectivity index (χ0v) is 17.4. The first-order valence-electron chi connectivity index (χ1n) is 10.7. The molecule has 0 radical (unpaired) electrons. The molecule has 0 aliphatic carbocycles. The highest BCUT2D eigenvalue weighted by Crippen LogP contribution is 2.36. The third kappa shape index (κ3) is 2.40. The maximum Gasteiger partial charge on any atom is 0.212 e. The summed E-state index contributed by atoms with van der Waals surface area (Å²) in [7, 11) is -0.106. The van der Waals surface area contributed by atoms with E-state index in [9.17, 15) is 5.26 Å². The van der Waals surface area contributed by atoms with Gasteiger partial charge < -0.3 is 0 Å². The average Bonchev–Trinajstić information content (AvgIpc) is 2.91. The van der Waals surface area contributed by atoms with E-state index in [4.69, 9.17) is 4.11 Å². The third-order valence-electron chi connectivity index (χ3n) is 5.97. The van der Waals surface area contributed by atoms with Crippen LogP contribution in [0.2, 0.25) is 13.1 Å². The van der Waals surface area contributed by atoms with E-state index in [0.29, 0.717) is 11.1 Å². The van der Waals surface area contributed by atoms with Gasteiger partial charge in [-0.3, -0.25) is 0 Å². The fourth-order valence-corrected chi connectivity index (χ4v) is 8.03. The Morgan fingerprint density at radius 2 is 1.85 bits per heavy atom. The molecule has 134 valence electrons. The highest BCUT2D eigenvalue weighted by molar-refractivity contribution is 7.04. The second kappa shape index (κ2) is 5.90. The van der Waals surface area contributed by atoms with Crippen LogP contribution in [0.3, 0.4) is 0 Å². The minimum Gasteiger partial charge on any atom is -0.199 e. The molecule has 0 amide bonds. The van der Waals surface area contributed by atoms with Crippen LogP contribution in [0, 0.1) is 32.0 Å². The molecule has 4 rings (SSSR count). The van der Waals surface area contributed by atoms with Crippen LogP contribution in [0.1, 0.15) is 26.5 Å². The van der Waals surface area contributed by atoms with E-state index in [1.165, 1.54) is 10.4 Å². The number of aromatic nitrogens is 1. The lowest BCUT2D eigenvalue weighted by Crippen LogP contribution is -2.51. The Balaban J connectivity index is 2.13. The molecule has 1 aromatic heterocycles. The highest BCUT2D eigenvalue weighted by Gasteiger charge is 2.42. The summed E-state index contributed by atoms with van der Waals surface area (Å²) in [5.74, 6) is 0. The van der Waals surface area contributed by atoms with Crippen molar-refractivity contribution in [2.45, 2.75) is 33.8 Å². The third-order valence-corrected chi connectivity index (χ3v) is 9.50. The smallest absolute Gasteiger partial charge is 0.199 e. The van der Waals surface area contributed by atoms with E-state index in [-0.39, 0.29) is 0 Å². The van der Waals surface area contributed by atoms with Gasteiger partial charge in [0, 0.05) is 28.7 Å². The van der Waals surface area contributed by atoms with Crippen molar-refractivity contribution in [3.8, 4) is 28.5 Å². The molecule has 2 heterocycles. The van der Waals surface area contributed by atoms with Crippen LogP contribution in [0.25, 0.3) is 22.4 Å². The van der Waals surface area contributed by atoms with E-state index in [1.54, 1.807) is 6.07 Å². The van der Waals surface area contributed by atoms with Crippen molar-refractivity contribution in [1.82, 2.24) is 0 Å². The van der Waals surface area contributed by atoms with Crippen LogP contribution in [0.5, 0.6) is 0 Å². The molecule has 3 aromatic rings. The van der Waals surface area contributed by atoms with Crippen molar-refractivity contribution >= 4 is 18.4 Å². The lowest BCUT2D eigenvalue weighted by Gasteiger charge is -2.22. The van der Waals surface area contributed by atoms with Crippen molar-refractivity contribution in [3.63, 3.8) is 0 Å². The lowest BCUT2D eigenvalue weighted by atomic mass is 9.94. The van der Waals surface area contributed by atoms with Gasteiger partial charge in [0.15, 0.2) is 5.69 Å². The summed E-state index contributed by atoms with van der Waals surface area (Å²) < 4.78 is 25.9. The summed E-state index contributed by atoms with van der Waals surface area (Å²) in [6.45, 7) is 6.52. The molecule has 2 nitrogen and oxygen atoms in total. The first-order chi connectivity index (χ1) is 14.0. The Morgan fingerprint density at radius 1 is 1.07 bits per heavy atom. The molecule has 0 atom stereocenters. The molecule has 27 heavy (non-hydrogen) atoms. The number of rotatable bonds is 1. The molecular weight excluding hydrogens is 344 g/mol. The number of hydrogen-bond donors (Lipinski definition) is 0. The molecule has 0 saturated carbocycles. The number of pyridine rings is 1. The topological polar surface area (TPSA) is 27.7 Å². The lowest BCUT2D eigenvalue weighted by molar-refractivity contribution is -0.666.